The van der Waals surface area contributed by atoms with Crippen molar-refractivity contribution in [2.45, 2.75) is 25.3 Å². The van der Waals surface area contributed by atoms with Gasteiger partial charge in [0.05, 0.1) is 0 Å². The Kier molecular flexibility index (Phi) is 2.58. The second kappa shape index (κ2) is 3.88. The first kappa shape index (κ1) is 9.33. The van der Waals surface area contributed by atoms with Gasteiger partial charge >= 0.3 is 0 Å². The third kappa shape index (κ3) is 1.82. The van der Waals surface area contributed by atoms with Crippen molar-refractivity contribution in [3.63, 3.8) is 0 Å². The maximum atomic E-state index is 5.54. The molecule has 0 aromatic carbocycles. The van der Waals surface area contributed by atoms with Gasteiger partial charge in [-0.25, -0.2) is 9.97 Å². The largest absolute Gasteiger partial charge is 0.388 e. The number of rotatable bonds is 3. The number of hydrogen-bond acceptors (Lipinski definition) is 4. The van der Waals surface area contributed by atoms with Crippen molar-refractivity contribution in [3.05, 3.63) is 18.1 Å². The summed E-state index contributed by atoms with van der Waals surface area (Å²) in [4.78, 5) is 8.57. The van der Waals surface area contributed by atoms with Crippen molar-refractivity contribution in [3.8, 4) is 0 Å². The fraction of sp³-hybridized carbons (Fsp3) is 0.444. The summed E-state index contributed by atoms with van der Waals surface area (Å²) < 4.78 is 0. The van der Waals surface area contributed by atoms with Gasteiger partial charge in [0.1, 0.15) is 10.7 Å². The fourth-order valence-corrected chi connectivity index (χ4v) is 1.52. The van der Waals surface area contributed by atoms with Gasteiger partial charge in [-0.15, -0.1) is 0 Å². The number of hydrogen-bond donors (Lipinski definition) is 2. The Balaban J connectivity index is 2.17. The van der Waals surface area contributed by atoms with Crippen LogP contribution in [0.15, 0.2) is 12.4 Å². The first-order valence-electron chi connectivity index (χ1n) is 4.64. The second-order valence-electron chi connectivity index (χ2n) is 3.39. The molecule has 1 fully saturated rings. The van der Waals surface area contributed by atoms with E-state index in [1.54, 1.807) is 12.4 Å². The van der Waals surface area contributed by atoms with Crippen molar-refractivity contribution in [2.24, 2.45) is 5.73 Å². The van der Waals surface area contributed by atoms with Gasteiger partial charge in [0.2, 0.25) is 0 Å². The average molecular weight is 208 g/mol. The highest BCUT2D eigenvalue weighted by Crippen LogP contribution is 2.23. The van der Waals surface area contributed by atoms with Crippen LogP contribution in [0.2, 0.25) is 0 Å². The van der Waals surface area contributed by atoms with Gasteiger partial charge in [0, 0.05) is 18.4 Å². The van der Waals surface area contributed by atoms with Crippen LogP contribution < -0.4 is 11.1 Å². The fourth-order valence-electron chi connectivity index (χ4n) is 1.37. The van der Waals surface area contributed by atoms with Crippen LogP contribution in [0.1, 0.15) is 25.0 Å². The molecule has 0 saturated heterocycles. The summed E-state index contributed by atoms with van der Waals surface area (Å²) in [5.41, 5.74) is 6.13. The summed E-state index contributed by atoms with van der Waals surface area (Å²) in [6.07, 6.45) is 6.89. The zero-order valence-corrected chi connectivity index (χ0v) is 8.55. The quantitative estimate of drug-likeness (QED) is 0.728. The summed E-state index contributed by atoms with van der Waals surface area (Å²) >= 11 is 4.89. The van der Waals surface area contributed by atoms with E-state index < -0.39 is 0 Å². The van der Waals surface area contributed by atoms with E-state index in [-0.39, 0.29) is 0 Å². The Morgan fingerprint density at radius 1 is 1.43 bits per heavy atom. The normalized spacial score (nSPS) is 16.0. The van der Waals surface area contributed by atoms with Crippen LogP contribution in [0.5, 0.6) is 0 Å². The number of thiocarbonyl (C=S) groups is 1. The van der Waals surface area contributed by atoms with Gasteiger partial charge in [-0.05, 0) is 19.3 Å². The van der Waals surface area contributed by atoms with Gasteiger partial charge in [-0.2, -0.15) is 0 Å². The van der Waals surface area contributed by atoms with E-state index in [9.17, 15) is 0 Å². The van der Waals surface area contributed by atoms with Crippen molar-refractivity contribution < 1.29 is 0 Å². The van der Waals surface area contributed by atoms with Crippen molar-refractivity contribution in [2.75, 3.05) is 5.32 Å². The highest BCUT2D eigenvalue weighted by atomic mass is 32.1. The van der Waals surface area contributed by atoms with Crippen molar-refractivity contribution in [1.82, 2.24) is 9.97 Å². The Hall–Kier alpha value is -1.23. The topological polar surface area (TPSA) is 63.8 Å². The smallest absolute Gasteiger partial charge is 0.155 e. The number of nitrogens with zero attached hydrogens (tertiary/aromatic N) is 2. The predicted molar refractivity (Wildman–Crippen MR) is 59.2 cm³/mol. The molecule has 0 bridgehead atoms. The Morgan fingerprint density at radius 2 is 2.14 bits per heavy atom. The molecule has 4 nitrogen and oxygen atoms in total. The Morgan fingerprint density at radius 3 is 2.71 bits per heavy atom. The van der Waals surface area contributed by atoms with Crippen LogP contribution in [-0.2, 0) is 0 Å². The number of nitrogens with two attached hydrogens (primary N) is 1. The molecule has 0 amide bonds. The first-order valence-corrected chi connectivity index (χ1v) is 5.05. The molecule has 0 atom stereocenters. The van der Waals surface area contributed by atoms with Crippen molar-refractivity contribution in [1.29, 1.82) is 0 Å². The van der Waals surface area contributed by atoms with E-state index in [1.165, 1.54) is 19.3 Å². The molecule has 0 aliphatic heterocycles. The molecule has 0 spiro atoms. The molecule has 1 saturated carbocycles. The average Bonchev–Trinajstić information content (AvgIpc) is 2.12. The lowest BCUT2D eigenvalue weighted by Crippen LogP contribution is -2.29. The van der Waals surface area contributed by atoms with Crippen LogP contribution in [0, 0.1) is 0 Å². The van der Waals surface area contributed by atoms with Crippen LogP contribution in [0.3, 0.4) is 0 Å². The zero-order valence-electron chi connectivity index (χ0n) is 7.73. The predicted octanol–water partition coefficient (Wildman–Crippen LogP) is 1.08. The summed E-state index contributed by atoms with van der Waals surface area (Å²) in [6, 6.07) is 0.514. The highest BCUT2D eigenvalue weighted by Gasteiger charge is 2.19. The summed E-state index contributed by atoms with van der Waals surface area (Å²) in [7, 11) is 0. The van der Waals surface area contributed by atoms with E-state index in [2.05, 4.69) is 15.3 Å². The maximum absolute atomic E-state index is 5.54. The van der Waals surface area contributed by atoms with E-state index in [0.29, 0.717) is 22.5 Å². The minimum atomic E-state index is 0.292. The van der Waals surface area contributed by atoms with Crippen LogP contribution in [0.25, 0.3) is 0 Å². The molecule has 0 radical (unpaired) electrons. The molecule has 1 aromatic rings. The van der Waals surface area contributed by atoms with Crippen LogP contribution >= 0.6 is 12.2 Å². The molecule has 0 unspecified atom stereocenters. The maximum Gasteiger partial charge on any atom is 0.155 e. The number of nitrogens with one attached hydrogen (secondary N) is 1. The van der Waals surface area contributed by atoms with E-state index in [4.69, 9.17) is 18.0 Å². The molecular weight excluding hydrogens is 196 g/mol. The highest BCUT2D eigenvalue weighted by molar-refractivity contribution is 7.80. The first-order chi connectivity index (χ1) is 6.77. The van der Waals surface area contributed by atoms with E-state index in [1.807, 2.05) is 0 Å². The third-order valence-corrected chi connectivity index (χ3v) is 2.57. The number of anilines is 1. The molecular formula is C9H12N4S. The summed E-state index contributed by atoms with van der Waals surface area (Å²) in [6.45, 7) is 0. The molecule has 74 valence electrons. The van der Waals surface area contributed by atoms with Crippen LogP contribution in [-0.4, -0.2) is 21.0 Å². The molecule has 5 heteroatoms. The molecule has 2 rings (SSSR count). The van der Waals surface area contributed by atoms with Gasteiger partial charge in [0.25, 0.3) is 0 Å². The van der Waals surface area contributed by atoms with Gasteiger partial charge in [0.15, 0.2) is 5.82 Å². The molecule has 3 N–H and O–H groups in total. The van der Waals surface area contributed by atoms with Gasteiger partial charge < -0.3 is 11.1 Å². The van der Waals surface area contributed by atoms with E-state index >= 15 is 0 Å². The lowest BCUT2D eigenvalue weighted by atomic mass is 9.93. The minimum absolute atomic E-state index is 0.292. The van der Waals surface area contributed by atoms with Crippen molar-refractivity contribution >= 4 is 23.0 Å². The standard InChI is InChI=1S/C9H12N4S/c10-8(14)7-9(12-5-4-11-7)13-6-2-1-3-6/h4-6H,1-3H2,(H2,10,14)(H,12,13). The molecule has 1 aliphatic carbocycles. The second-order valence-corrected chi connectivity index (χ2v) is 3.83. The Bertz CT molecular complexity index is 348. The molecule has 14 heavy (non-hydrogen) atoms. The van der Waals surface area contributed by atoms with Gasteiger partial charge in [-0.1, -0.05) is 12.2 Å². The number of aromatic nitrogens is 2. The zero-order chi connectivity index (χ0) is 9.97. The SMILES string of the molecule is NC(=S)c1nccnc1NC1CCC1. The molecule has 1 aromatic heterocycles. The third-order valence-electron chi connectivity index (χ3n) is 2.38. The lowest BCUT2D eigenvalue weighted by Gasteiger charge is -2.27. The minimum Gasteiger partial charge on any atom is -0.388 e. The Labute approximate surface area is 87.9 Å². The van der Waals surface area contributed by atoms with Crippen LogP contribution in [0.4, 0.5) is 5.82 Å². The van der Waals surface area contributed by atoms with Gasteiger partial charge in [-0.3, -0.25) is 0 Å². The van der Waals surface area contributed by atoms with E-state index in [0.717, 1.165) is 0 Å². The summed E-state index contributed by atoms with van der Waals surface area (Å²) in [5.74, 6) is 0.713. The molecule has 1 aliphatic rings. The molecule has 1 heterocycles. The monoisotopic (exact) mass is 208 g/mol. The lowest BCUT2D eigenvalue weighted by molar-refractivity contribution is 0.444. The summed E-state index contributed by atoms with van der Waals surface area (Å²) in [5, 5.41) is 3.29.